The average Bonchev–Trinajstić information content (AvgIpc) is 3.54. The van der Waals surface area contributed by atoms with E-state index in [1.54, 1.807) is 18.4 Å². The number of benzene rings is 1. The van der Waals surface area contributed by atoms with E-state index < -0.39 is 0 Å². The van der Waals surface area contributed by atoms with Crippen LogP contribution in [0.5, 0.6) is 0 Å². The number of Topliss-reactive ketones (excluding diaryl/α,β-unsaturated/α-hetero) is 1. The number of thiophene rings is 1. The van der Waals surface area contributed by atoms with E-state index in [9.17, 15) is 4.79 Å². The molecule has 0 bridgehead atoms. The Morgan fingerprint density at radius 2 is 2.03 bits per heavy atom. The Labute approximate surface area is 221 Å². The van der Waals surface area contributed by atoms with Crippen molar-refractivity contribution in [1.29, 1.82) is 0 Å². The molecule has 0 spiro atoms. The molecule has 2 unspecified atom stereocenters. The van der Waals surface area contributed by atoms with Gasteiger partial charge < -0.3 is 4.74 Å². The van der Waals surface area contributed by atoms with Crippen LogP contribution in [0.15, 0.2) is 30.6 Å². The van der Waals surface area contributed by atoms with Crippen molar-refractivity contribution in [2.75, 3.05) is 13.7 Å². The molecule has 0 N–H and O–H groups in total. The first kappa shape index (κ1) is 25.3. The largest absolute Gasteiger partial charge is 0.385 e. The highest BCUT2D eigenvalue weighted by molar-refractivity contribution is 7.22. The zero-order valence-electron chi connectivity index (χ0n) is 21.7. The minimum Gasteiger partial charge on any atom is -0.385 e. The fraction of sp³-hybridized carbons (Fsp3) is 0.483. The predicted molar refractivity (Wildman–Crippen MR) is 150 cm³/mol. The lowest BCUT2D eigenvalue weighted by Gasteiger charge is -2.24. The van der Waals surface area contributed by atoms with Crippen LogP contribution in [-0.4, -0.2) is 34.3 Å². The molecule has 0 radical (unpaired) electrons. The number of nitrogens with zero attached hydrogens (tertiary/aromatic N) is 3. The molecule has 36 heavy (non-hydrogen) atoms. The molecule has 0 saturated carbocycles. The van der Waals surface area contributed by atoms with E-state index in [0.29, 0.717) is 30.5 Å². The van der Waals surface area contributed by atoms with Crippen molar-refractivity contribution in [3.8, 4) is 21.7 Å². The number of carbonyl (C=O) groups is 1. The number of carbonyl (C=O) groups excluding carboxylic acids is 1. The number of aryl methyl sites for hydroxylation is 1. The van der Waals surface area contributed by atoms with Crippen molar-refractivity contribution in [3.05, 3.63) is 45.9 Å². The van der Waals surface area contributed by atoms with Crippen molar-refractivity contribution >= 4 is 38.7 Å². The van der Waals surface area contributed by atoms with E-state index >= 15 is 0 Å². The second-order valence-corrected chi connectivity index (χ2v) is 12.5. The van der Waals surface area contributed by atoms with E-state index in [2.05, 4.69) is 37.1 Å². The number of hydrogen-bond donors (Lipinski definition) is 0. The van der Waals surface area contributed by atoms with Crippen molar-refractivity contribution in [2.24, 2.45) is 13.0 Å². The van der Waals surface area contributed by atoms with Gasteiger partial charge in [-0.3, -0.25) is 9.48 Å². The Morgan fingerprint density at radius 1 is 1.17 bits per heavy atom. The van der Waals surface area contributed by atoms with Gasteiger partial charge in [-0.05, 0) is 60.8 Å². The second kappa shape index (κ2) is 11.0. The van der Waals surface area contributed by atoms with Crippen molar-refractivity contribution < 1.29 is 9.53 Å². The van der Waals surface area contributed by atoms with Crippen LogP contribution < -0.4 is 0 Å². The first-order valence-corrected chi connectivity index (χ1v) is 14.6. The topological polar surface area (TPSA) is 57.0 Å². The standard InChI is InChI=1S/C29H35N3O2S2/c1-18-12-19(2)28-23(13-18)27(26(35-28)15-22(33)8-6-5-7-11-34-4)29-31-24-14-20(9-10-25(24)36-29)21-16-30-32(3)17-21/h9-10,14,16-19H,5-8,11-13,15H2,1-4H3. The maximum absolute atomic E-state index is 13.0. The molecule has 0 aliphatic heterocycles. The number of methoxy groups -OCH3 is 1. The fourth-order valence-electron chi connectivity index (χ4n) is 5.45. The van der Waals surface area contributed by atoms with E-state index in [1.165, 1.54) is 32.0 Å². The number of ketones is 1. The van der Waals surface area contributed by atoms with Gasteiger partial charge in [-0.2, -0.15) is 5.10 Å². The number of ether oxygens (including phenoxy) is 1. The highest BCUT2D eigenvalue weighted by Gasteiger charge is 2.30. The summed E-state index contributed by atoms with van der Waals surface area (Å²) in [4.78, 5) is 20.8. The summed E-state index contributed by atoms with van der Waals surface area (Å²) in [6.07, 6.45) is 10.4. The van der Waals surface area contributed by atoms with Gasteiger partial charge in [-0.1, -0.05) is 26.3 Å². The smallest absolute Gasteiger partial charge is 0.138 e. The van der Waals surface area contributed by atoms with Crippen LogP contribution in [0.4, 0.5) is 0 Å². The highest BCUT2D eigenvalue weighted by atomic mass is 32.1. The van der Waals surface area contributed by atoms with Gasteiger partial charge in [-0.15, -0.1) is 22.7 Å². The first-order chi connectivity index (χ1) is 17.4. The SMILES string of the molecule is COCCCCCC(=O)Cc1sc2c(c1-c1nc3cc(-c4cnn(C)c4)ccc3s1)CC(C)CC2C. The van der Waals surface area contributed by atoms with Crippen LogP contribution in [0.25, 0.3) is 31.9 Å². The summed E-state index contributed by atoms with van der Waals surface area (Å²) in [6.45, 7) is 5.46. The third kappa shape index (κ3) is 5.34. The monoisotopic (exact) mass is 521 g/mol. The van der Waals surface area contributed by atoms with Gasteiger partial charge in [0, 0.05) is 60.7 Å². The first-order valence-electron chi connectivity index (χ1n) is 13.0. The molecule has 3 aromatic heterocycles. The lowest BCUT2D eigenvalue weighted by atomic mass is 9.81. The molecular formula is C29H35N3O2S2. The molecule has 1 aromatic carbocycles. The minimum absolute atomic E-state index is 0.341. The number of unbranched alkanes of at least 4 members (excludes halogenated alkanes) is 2. The van der Waals surface area contributed by atoms with Crippen molar-refractivity contribution in [3.63, 3.8) is 0 Å². The third-order valence-corrected chi connectivity index (χ3v) is 9.69. The summed E-state index contributed by atoms with van der Waals surface area (Å²) in [6, 6.07) is 6.50. The molecule has 0 saturated heterocycles. The molecule has 1 aliphatic rings. The Balaban J connectivity index is 1.47. The number of aromatic nitrogens is 3. The Hall–Kier alpha value is -2.35. The summed E-state index contributed by atoms with van der Waals surface area (Å²) in [7, 11) is 3.67. The lowest BCUT2D eigenvalue weighted by molar-refractivity contribution is -0.118. The predicted octanol–water partition coefficient (Wildman–Crippen LogP) is 7.43. The summed E-state index contributed by atoms with van der Waals surface area (Å²) in [5.74, 6) is 1.53. The Kier molecular flexibility index (Phi) is 7.70. The van der Waals surface area contributed by atoms with Gasteiger partial charge in [0.25, 0.3) is 0 Å². The van der Waals surface area contributed by atoms with Crippen molar-refractivity contribution in [1.82, 2.24) is 14.8 Å². The zero-order valence-corrected chi connectivity index (χ0v) is 23.3. The van der Waals surface area contributed by atoms with Gasteiger partial charge in [0.1, 0.15) is 10.8 Å². The zero-order chi connectivity index (χ0) is 25.2. The number of fused-ring (bicyclic) bond motifs is 2. The summed E-state index contributed by atoms with van der Waals surface area (Å²) >= 11 is 3.63. The number of rotatable bonds is 10. The normalized spacial score (nSPS) is 17.6. The maximum atomic E-state index is 13.0. The van der Waals surface area contributed by atoms with Crippen LogP contribution in [0.2, 0.25) is 0 Å². The van der Waals surface area contributed by atoms with Gasteiger partial charge in [0.05, 0.1) is 16.4 Å². The van der Waals surface area contributed by atoms with E-state index in [4.69, 9.17) is 9.72 Å². The van der Waals surface area contributed by atoms with Gasteiger partial charge >= 0.3 is 0 Å². The molecule has 5 nitrogen and oxygen atoms in total. The second-order valence-electron chi connectivity index (χ2n) is 10.3. The molecule has 5 rings (SSSR count). The average molecular weight is 522 g/mol. The van der Waals surface area contributed by atoms with Crippen LogP contribution in [0, 0.1) is 5.92 Å². The van der Waals surface area contributed by atoms with Gasteiger partial charge in [0.2, 0.25) is 0 Å². The molecule has 3 heterocycles. The Bertz CT molecular complexity index is 1370. The van der Waals surface area contributed by atoms with Crippen LogP contribution >= 0.6 is 22.7 Å². The minimum atomic E-state index is 0.341. The van der Waals surface area contributed by atoms with Crippen LogP contribution in [0.3, 0.4) is 0 Å². The lowest BCUT2D eigenvalue weighted by Crippen LogP contribution is -2.13. The number of thiazole rings is 1. The maximum Gasteiger partial charge on any atom is 0.138 e. The molecule has 1 aliphatic carbocycles. The van der Waals surface area contributed by atoms with Crippen LogP contribution in [-0.2, 0) is 29.4 Å². The van der Waals surface area contributed by atoms with Gasteiger partial charge in [0.15, 0.2) is 0 Å². The molecule has 190 valence electrons. The van der Waals surface area contributed by atoms with Crippen LogP contribution in [0.1, 0.15) is 67.2 Å². The van der Waals surface area contributed by atoms with E-state index in [0.717, 1.165) is 53.9 Å². The van der Waals surface area contributed by atoms with E-state index in [-0.39, 0.29) is 0 Å². The fourth-order valence-corrected chi connectivity index (χ4v) is 7.99. The molecular weight excluding hydrogens is 486 g/mol. The molecule has 0 amide bonds. The molecule has 7 heteroatoms. The molecule has 4 aromatic rings. The number of hydrogen-bond acceptors (Lipinski definition) is 6. The van der Waals surface area contributed by atoms with Crippen molar-refractivity contribution in [2.45, 2.75) is 64.7 Å². The highest BCUT2D eigenvalue weighted by Crippen LogP contribution is 2.48. The summed E-state index contributed by atoms with van der Waals surface area (Å²) < 4.78 is 8.15. The molecule has 2 atom stereocenters. The molecule has 0 fully saturated rings. The quantitative estimate of drug-likeness (QED) is 0.204. The van der Waals surface area contributed by atoms with Gasteiger partial charge in [-0.25, -0.2) is 4.98 Å². The summed E-state index contributed by atoms with van der Waals surface area (Å²) in [5, 5.41) is 5.38. The Morgan fingerprint density at radius 3 is 2.81 bits per heavy atom. The third-order valence-electron chi connectivity index (χ3n) is 7.17. The summed E-state index contributed by atoms with van der Waals surface area (Å²) in [5.41, 5.74) is 5.95. The van der Waals surface area contributed by atoms with E-state index in [1.807, 2.05) is 35.5 Å².